The van der Waals surface area contributed by atoms with Crippen LogP contribution < -0.4 is 5.32 Å². The van der Waals surface area contributed by atoms with E-state index < -0.39 is 17.6 Å². The third-order valence-electron chi connectivity index (χ3n) is 2.46. The van der Waals surface area contributed by atoms with Crippen molar-refractivity contribution in [2.45, 2.75) is 19.1 Å². The molecule has 92 valence electrons. The number of nitrogens with zero attached hydrogens (tertiary/aromatic N) is 1. The fourth-order valence-electron chi connectivity index (χ4n) is 1.60. The predicted molar refractivity (Wildman–Crippen MR) is 55.4 cm³/mol. The summed E-state index contributed by atoms with van der Waals surface area (Å²) in [5, 5.41) is 2.83. The monoisotopic (exact) mass is 246 g/mol. The zero-order chi connectivity index (χ0) is 12.6. The van der Waals surface area contributed by atoms with Gasteiger partial charge in [-0.2, -0.15) is 13.2 Å². The molecule has 17 heavy (non-hydrogen) atoms. The number of halogens is 4. The first kappa shape index (κ1) is 11.9. The van der Waals surface area contributed by atoms with Crippen molar-refractivity contribution in [1.29, 1.82) is 0 Å². The number of hydrogen-bond donors (Lipinski definition) is 1. The lowest BCUT2D eigenvalue weighted by Gasteiger charge is -2.11. The van der Waals surface area contributed by atoms with Gasteiger partial charge in [0.15, 0.2) is 0 Å². The molecule has 0 spiro atoms. The van der Waals surface area contributed by atoms with Crippen molar-refractivity contribution in [3.8, 4) is 0 Å². The third kappa shape index (κ3) is 2.40. The second-order valence-corrected chi connectivity index (χ2v) is 3.93. The molecule has 0 aromatic heterocycles. The quantitative estimate of drug-likeness (QED) is 0.757. The molecular weight excluding hydrogens is 236 g/mol. The topological polar surface area (TPSA) is 24.4 Å². The molecule has 1 aliphatic heterocycles. The van der Waals surface area contributed by atoms with Crippen LogP contribution in [0.4, 0.5) is 17.6 Å². The number of alkyl halides is 3. The van der Waals surface area contributed by atoms with Gasteiger partial charge in [-0.25, -0.2) is 4.39 Å². The Bertz CT molecular complexity index is 465. The summed E-state index contributed by atoms with van der Waals surface area (Å²) in [6.07, 6.45) is -4.48. The first-order valence-electron chi connectivity index (χ1n) is 5.06. The van der Waals surface area contributed by atoms with Gasteiger partial charge in [-0.3, -0.25) is 4.99 Å². The van der Waals surface area contributed by atoms with Crippen molar-refractivity contribution in [2.24, 2.45) is 4.99 Å². The molecule has 0 saturated carbocycles. The van der Waals surface area contributed by atoms with Crippen molar-refractivity contribution < 1.29 is 17.6 Å². The standard InChI is InChI=1S/C11H10F4N2/c1-6-5-16-10(17-6)8-4-7(11(13,14)15)2-3-9(8)12/h2-4,6H,5H2,1H3,(H,16,17). The van der Waals surface area contributed by atoms with E-state index in [-0.39, 0.29) is 17.4 Å². The minimum Gasteiger partial charge on any atom is -0.365 e. The van der Waals surface area contributed by atoms with Crippen LogP contribution in [0.25, 0.3) is 0 Å². The summed E-state index contributed by atoms with van der Waals surface area (Å²) in [7, 11) is 0. The van der Waals surface area contributed by atoms with Gasteiger partial charge in [0, 0.05) is 6.04 Å². The van der Waals surface area contributed by atoms with Gasteiger partial charge in [-0.05, 0) is 25.1 Å². The van der Waals surface area contributed by atoms with Gasteiger partial charge in [0.05, 0.1) is 17.7 Å². The van der Waals surface area contributed by atoms with E-state index in [0.29, 0.717) is 6.54 Å². The molecule has 1 heterocycles. The van der Waals surface area contributed by atoms with E-state index in [9.17, 15) is 17.6 Å². The SMILES string of the molecule is CC1CN=C(c2cc(C(F)(F)F)ccc2F)N1. The Hall–Kier alpha value is -1.59. The van der Waals surface area contributed by atoms with Gasteiger partial charge in [0.2, 0.25) is 0 Å². The lowest BCUT2D eigenvalue weighted by molar-refractivity contribution is -0.137. The largest absolute Gasteiger partial charge is 0.416 e. The molecular formula is C11H10F4N2. The molecule has 0 aliphatic carbocycles. The minimum atomic E-state index is -4.48. The van der Waals surface area contributed by atoms with Crippen LogP contribution >= 0.6 is 0 Å². The number of amidine groups is 1. The van der Waals surface area contributed by atoms with Crippen LogP contribution in [0, 0.1) is 5.82 Å². The highest BCUT2D eigenvalue weighted by molar-refractivity contribution is 6.00. The molecule has 1 atom stereocenters. The van der Waals surface area contributed by atoms with Crippen LogP contribution in [0.1, 0.15) is 18.1 Å². The van der Waals surface area contributed by atoms with Gasteiger partial charge in [-0.1, -0.05) is 0 Å². The Balaban J connectivity index is 2.40. The summed E-state index contributed by atoms with van der Waals surface area (Å²) >= 11 is 0. The first-order valence-corrected chi connectivity index (χ1v) is 5.06. The van der Waals surface area contributed by atoms with Crippen LogP contribution in [-0.4, -0.2) is 18.4 Å². The lowest BCUT2D eigenvalue weighted by atomic mass is 10.1. The Morgan fingerprint density at radius 2 is 2.06 bits per heavy atom. The molecule has 2 rings (SSSR count). The number of hydrogen-bond acceptors (Lipinski definition) is 2. The Morgan fingerprint density at radius 1 is 1.35 bits per heavy atom. The maximum absolute atomic E-state index is 13.4. The zero-order valence-corrected chi connectivity index (χ0v) is 8.98. The molecule has 1 N–H and O–H groups in total. The Morgan fingerprint density at radius 3 is 2.59 bits per heavy atom. The minimum absolute atomic E-state index is 0.0129. The van der Waals surface area contributed by atoms with Crippen molar-refractivity contribution in [3.63, 3.8) is 0 Å². The van der Waals surface area contributed by atoms with Crippen LogP contribution in [0.15, 0.2) is 23.2 Å². The molecule has 0 radical (unpaired) electrons. The van der Waals surface area contributed by atoms with Gasteiger partial charge >= 0.3 is 6.18 Å². The van der Waals surface area contributed by atoms with Crippen LogP contribution in [0.2, 0.25) is 0 Å². The highest BCUT2D eigenvalue weighted by atomic mass is 19.4. The van der Waals surface area contributed by atoms with Crippen LogP contribution in [0.5, 0.6) is 0 Å². The van der Waals surface area contributed by atoms with Crippen LogP contribution in [-0.2, 0) is 6.18 Å². The molecule has 0 saturated heterocycles. The van der Waals surface area contributed by atoms with E-state index in [4.69, 9.17) is 0 Å². The molecule has 1 aromatic rings. The normalized spacial score (nSPS) is 20.1. The first-order chi connectivity index (χ1) is 7.88. The summed E-state index contributed by atoms with van der Waals surface area (Å²) in [6, 6.07) is 2.32. The molecule has 0 bridgehead atoms. The Labute approximate surface area is 95.4 Å². The van der Waals surface area contributed by atoms with Crippen molar-refractivity contribution in [2.75, 3.05) is 6.54 Å². The van der Waals surface area contributed by atoms with Crippen molar-refractivity contribution in [3.05, 3.63) is 35.1 Å². The highest BCUT2D eigenvalue weighted by Gasteiger charge is 2.32. The second-order valence-electron chi connectivity index (χ2n) is 3.93. The fraction of sp³-hybridized carbons (Fsp3) is 0.364. The molecule has 0 amide bonds. The molecule has 1 aliphatic rings. The Kier molecular flexibility index (Phi) is 2.81. The smallest absolute Gasteiger partial charge is 0.365 e. The molecule has 6 heteroatoms. The third-order valence-corrected chi connectivity index (χ3v) is 2.46. The number of aliphatic imine (C=N–C) groups is 1. The van der Waals surface area contributed by atoms with Gasteiger partial charge in [-0.15, -0.1) is 0 Å². The maximum Gasteiger partial charge on any atom is 0.416 e. The summed E-state index contributed by atoms with van der Waals surface area (Å²) < 4.78 is 50.9. The molecule has 1 unspecified atom stereocenters. The summed E-state index contributed by atoms with van der Waals surface area (Å²) in [6.45, 7) is 2.26. The highest BCUT2D eigenvalue weighted by Crippen LogP contribution is 2.30. The number of nitrogens with one attached hydrogen (secondary N) is 1. The van der Waals surface area contributed by atoms with E-state index in [1.54, 1.807) is 0 Å². The second kappa shape index (κ2) is 4.01. The van der Waals surface area contributed by atoms with E-state index in [1.165, 1.54) is 0 Å². The van der Waals surface area contributed by atoms with Crippen molar-refractivity contribution >= 4 is 5.84 Å². The average Bonchev–Trinajstić information content (AvgIpc) is 2.63. The fourth-order valence-corrected chi connectivity index (χ4v) is 1.60. The summed E-state index contributed by atoms with van der Waals surface area (Å²) in [5.41, 5.74) is -1.01. The zero-order valence-electron chi connectivity index (χ0n) is 8.98. The van der Waals surface area contributed by atoms with E-state index in [2.05, 4.69) is 10.3 Å². The summed E-state index contributed by atoms with van der Waals surface area (Å²) in [5.74, 6) is -0.528. The van der Waals surface area contributed by atoms with Gasteiger partial charge in [0.1, 0.15) is 11.7 Å². The number of rotatable bonds is 1. The molecule has 2 nitrogen and oxygen atoms in total. The maximum atomic E-state index is 13.4. The predicted octanol–water partition coefficient (Wildman–Crippen LogP) is 2.58. The van der Waals surface area contributed by atoms with Crippen molar-refractivity contribution in [1.82, 2.24) is 5.32 Å². The van der Waals surface area contributed by atoms with Crippen LogP contribution in [0.3, 0.4) is 0 Å². The number of benzene rings is 1. The average molecular weight is 246 g/mol. The van der Waals surface area contributed by atoms with E-state index in [1.807, 2.05) is 6.92 Å². The molecule has 0 fully saturated rings. The lowest BCUT2D eigenvalue weighted by Crippen LogP contribution is -2.28. The van der Waals surface area contributed by atoms with Gasteiger partial charge < -0.3 is 5.32 Å². The molecule has 1 aromatic carbocycles. The van der Waals surface area contributed by atoms with Gasteiger partial charge in [0.25, 0.3) is 0 Å². The van der Waals surface area contributed by atoms with E-state index in [0.717, 1.165) is 18.2 Å². The van der Waals surface area contributed by atoms with E-state index >= 15 is 0 Å². The summed E-state index contributed by atoms with van der Waals surface area (Å²) in [4.78, 5) is 3.97.